The van der Waals surface area contributed by atoms with Gasteiger partial charge in [0.15, 0.2) is 5.82 Å². The van der Waals surface area contributed by atoms with E-state index in [0.717, 1.165) is 12.5 Å². The molecule has 1 aliphatic rings. The normalized spacial score (nSPS) is 16.0. The third-order valence-corrected chi connectivity index (χ3v) is 5.68. The number of hydrogen-bond donors (Lipinski definition) is 2. The molecule has 3 N–H and O–H groups in total. The first-order valence-electron chi connectivity index (χ1n) is 9.69. The molecule has 1 saturated heterocycles. The largest absolute Gasteiger partial charge is 0.324 e. The average Bonchev–Trinajstić information content (AvgIpc) is 3.25. The summed E-state index contributed by atoms with van der Waals surface area (Å²) in [4.78, 5) is 29.8. The molecule has 1 fully saturated rings. The summed E-state index contributed by atoms with van der Waals surface area (Å²) in [5.74, 6) is 2.96. The van der Waals surface area contributed by atoms with Crippen LogP contribution in [0.3, 0.4) is 0 Å². The van der Waals surface area contributed by atoms with Crippen LogP contribution in [-0.2, 0) is 6.54 Å². The highest BCUT2D eigenvalue weighted by Crippen LogP contribution is 2.29. The van der Waals surface area contributed by atoms with Crippen LogP contribution in [0, 0.1) is 11.6 Å². The van der Waals surface area contributed by atoms with Crippen LogP contribution in [0.1, 0.15) is 22.3 Å². The van der Waals surface area contributed by atoms with Crippen molar-refractivity contribution in [2.24, 2.45) is 5.84 Å². The first-order valence-corrected chi connectivity index (χ1v) is 10.1. The topological polar surface area (TPSA) is 81.9 Å². The lowest BCUT2D eigenvalue weighted by Crippen LogP contribution is -2.43. The minimum absolute atomic E-state index is 0.0314. The molecule has 10 heteroatoms. The van der Waals surface area contributed by atoms with Gasteiger partial charge in [0.2, 0.25) is 0 Å². The quantitative estimate of drug-likeness (QED) is 0.416. The highest BCUT2D eigenvalue weighted by atomic mass is 35.5. The van der Waals surface area contributed by atoms with E-state index >= 15 is 0 Å². The molecule has 1 aliphatic heterocycles. The van der Waals surface area contributed by atoms with E-state index in [9.17, 15) is 18.4 Å². The van der Waals surface area contributed by atoms with Gasteiger partial charge in [-0.1, -0.05) is 23.7 Å². The molecular weight excluding hydrogens is 428 g/mol. The fourth-order valence-corrected chi connectivity index (χ4v) is 3.70. The molecule has 0 bridgehead atoms. The van der Waals surface area contributed by atoms with Gasteiger partial charge in [-0.25, -0.2) is 19.4 Å². The maximum atomic E-state index is 14.8. The molecule has 2 aromatic rings. The zero-order chi connectivity index (χ0) is 22.7. The number of benzene rings is 2. The summed E-state index contributed by atoms with van der Waals surface area (Å²) in [6.07, 6.45) is 0.780. The van der Waals surface area contributed by atoms with Crippen molar-refractivity contribution in [3.8, 4) is 0 Å². The molecule has 7 nitrogen and oxygen atoms in total. The molecule has 1 atom stereocenters. The monoisotopic (exact) mass is 451 g/mol. The number of carbonyl (C=O) groups is 2. The number of urea groups is 1. The maximum absolute atomic E-state index is 14.8. The maximum Gasteiger partial charge on any atom is 0.324 e. The van der Waals surface area contributed by atoms with E-state index in [2.05, 4.69) is 0 Å². The van der Waals surface area contributed by atoms with Crippen molar-refractivity contribution in [3.05, 3.63) is 64.2 Å². The van der Waals surface area contributed by atoms with Crippen LogP contribution < -0.4 is 16.2 Å². The van der Waals surface area contributed by atoms with Gasteiger partial charge < -0.3 is 9.80 Å². The molecule has 1 heterocycles. The summed E-state index contributed by atoms with van der Waals surface area (Å²) in [5.41, 5.74) is 2.03. The number of hydrogen-bond acceptors (Lipinski definition) is 4. The van der Waals surface area contributed by atoms with E-state index in [1.165, 1.54) is 35.2 Å². The number of carbonyl (C=O) groups excluding carboxylic acids is 2. The Hall–Kier alpha value is -2.75. The number of amides is 3. The molecule has 0 saturated carbocycles. The van der Waals surface area contributed by atoms with Crippen molar-refractivity contribution in [2.75, 3.05) is 32.1 Å². The van der Waals surface area contributed by atoms with Gasteiger partial charge in [0.1, 0.15) is 5.82 Å². The summed E-state index contributed by atoms with van der Waals surface area (Å²) >= 11 is 5.93. The second-order valence-electron chi connectivity index (χ2n) is 7.57. The number of halogens is 3. The summed E-state index contributed by atoms with van der Waals surface area (Å²) in [6.45, 7) is 0.733. The van der Waals surface area contributed by atoms with Gasteiger partial charge in [0.25, 0.3) is 5.91 Å². The molecule has 0 spiro atoms. The van der Waals surface area contributed by atoms with Gasteiger partial charge in [0.05, 0.1) is 17.3 Å². The number of nitrogens with one attached hydrogen (secondary N) is 1. The van der Waals surface area contributed by atoms with Crippen LogP contribution >= 0.6 is 11.6 Å². The van der Waals surface area contributed by atoms with Gasteiger partial charge in [-0.15, -0.1) is 0 Å². The number of nitrogens with two attached hydrogens (primary N) is 1. The molecule has 3 rings (SSSR count). The SMILES string of the molecule is CN(C)[C@@H]1CCN(C(=O)N(Cc2ccc(C(=O)NN)cc2F)c2cccc(Cl)c2F)C1. The predicted molar refractivity (Wildman–Crippen MR) is 115 cm³/mol. The lowest BCUT2D eigenvalue weighted by Gasteiger charge is -2.29. The lowest BCUT2D eigenvalue weighted by molar-refractivity contribution is 0.0953. The van der Waals surface area contributed by atoms with Crippen LogP contribution in [0.4, 0.5) is 19.3 Å². The summed E-state index contributed by atoms with van der Waals surface area (Å²) in [5, 5.41) is -0.140. The Balaban J connectivity index is 1.94. The second kappa shape index (κ2) is 9.59. The molecule has 3 amide bonds. The van der Waals surface area contributed by atoms with Crippen LogP contribution in [0.5, 0.6) is 0 Å². The summed E-state index contributed by atoms with van der Waals surface area (Å²) in [6, 6.07) is 7.83. The fraction of sp³-hybridized carbons (Fsp3) is 0.333. The molecule has 2 aromatic carbocycles. The number of likely N-dealkylation sites (tertiary alicyclic amines) is 1. The van der Waals surface area contributed by atoms with Crippen LogP contribution in [-0.4, -0.2) is 55.0 Å². The van der Waals surface area contributed by atoms with E-state index < -0.39 is 23.6 Å². The van der Waals surface area contributed by atoms with Crippen molar-refractivity contribution in [3.63, 3.8) is 0 Å². The van der Waals surface area contributed by atoms with Crippen molar-refractivity contribution >= 4 is 29.2 Å². The number of nitrogen functional groups attached to an aromatic ring is 1. The van der Waals surface area contributed by atoms with Gasteiger partial charge in [-0.2, -0.15) is 0 Å². The molecule has 0 aliphatic carbocycles. The Kier molecular flexibility index (Phi) is 7.09. The van der Waals surface area contributed by atoms with E-state index in [-0.39, 0.29) is 34.4 Å². The van der Waals surface area contributed by atoms with Gasteiger partial charge in [-0.05, 0) is 44.8 Å². The van der Waals surface area contributed by atoms with Crippen molar-refractivity contribution in [1.82, 2.24) is 15.2 Å². The van der Waals surface area contributed by atoms with Crippen molar-refractivity contribution in [1.29, 1.82) is 0 Å². The summed E-state index contributed by atoms with van der Waals surface area (Å²) in [7, 11) is 3.86. The molecule has 31 heavy (non-hydrogen) atoms. The van der Waals surface area contributed by atoms with Crippen LogP contribution in [0.25, 0.3) is 0 Å². The number of nitrogens with zero attached hydrogens (tertiary/aromatic N) is 3. The Morgan fingerprint density at radius 2 is 2.00 bits per heavy atom. The van der Waals surface area contributed by atoms with E-state index in [0.29, 0.717) is 13.1 Å². The lowest BCUT2D eigenvalue weighted by atomic mass is 10.1. The Morgan fingerprint density at radius 3 is 2.61 bits per heavy atom. The predicted octanol–water partition coefficient (Wildman–Crippen LogP) is 2.98. The van der Waals surface area contributed by atoms with Gasteiger partial charge in [-0.3, -0.25) is 15.1 Å². The average molecular weight is 452 g/mol. The van der Waals surface area contributed by atoms with E-state index in [4.69, 9.17) is 17.4 Å². The molecule has 166 valence electrons. The Bertz CT molecular complexity index is 988. The first-order chi connectivity index (χ1) is 14.7. The molecule has 0 unspecified atom stereocenters. The highest BCUT2D eigenvalue weighted by Gasteiger charge is 2.32. The van der Waals surface area contributed by atoms with E-state index in [1.807, 2.05) is 24.4 Å². The zero-order valence-electron chi connectivity index (χ0n) is 17.2. The zero-order valence-corrected chi connectivity index (χ0v) is 18.0. The molecular formula is C21H24ClF2N5O2. The fourth-order valence-electron chi connectivity index (χ4n) is 3.53. The smallest absolute Gasteiger partial charge is 0.323 e. The Labute approximate surface area is 184 Å². The first kappa shape index (κ1) is 22.9. The minimum Gasteiger partial charge on any atom is -0.323 e. The number of rotatable bonds is 5. The Morgan fingerprint density at radius 1 is 1.26 bits per heavy atom. The number of likely N-dealkylation sites (N-methyl/N-ethyl adjacent to an activating group) is 1. The third kappa shape index (κ3) is 4.95. The van der Waals surface area contributed by atoms with Gasteiger partial charge >= 0.3 is 6.03 Å². The summed E-state index contributed by atoms with van der Waals surface area (Å²) < 4.78 is 29.5. The van der Waals surface area contributed by atoms with Crippen molar-refractivity contribution in [2.45, 2.75) is 19.0 Å². The number of hydrazine groups is 1. The van der Waals surface area contributed by atoms with Crippen LogP contribution in [0.15, 0.2) is 36.4 Å². The standard InChI is InChI=1S/C21H24ClF2N5O2/c1-27(2)15-8-9-28(12-15)21(31)29(18-5-3-4-16(22)19(18)24)11-14-7-6-13(10-17(14)23)20(30)26-25/h3-7,10,15H,8-9,11-12,25H2,1-2H3,(H,26,30)/t15-/m1/s1. The third-order valence-electron chi connectivity index (χ3n) is 5.39. The highest BCUT2D eigenvalue weighted by molar-refractivity contribution is 6.31. The second-order valence-corrected chi connectivity index (χ2v) is 7.98. The molecule has 0 radical (unpaired) electrons. The van der Waals surface area contributed by atoms with Crippen molar-refractivity contribution < 1.29 is 18.4 Å². The van der Waals surface area contributed by atoms with Gasteiger partial charge in [0, 0.05) is 30.3 Å². The van der Waals surface area contributed by atoms with E-state index in [1.54, 1.807) is 4.90 Å². The minimum atomic E-state index is -0.764. The molecule has 0 aromatic heterocycles. The number of anilines is 1. The van der Waals surface area contributed by atoms with Crippen LogP contribution in [0.2, 0.25) is 5.02 Å².